The van der Waals surface area contributed by atoms with E-state index in [4.69, 9.17) is 10.2 Å². The third kappa shape index (κ3) is 14.5. The molecule has 0 fully saturated rings. The summed E-state index contributed by atoms with van der Waals surface area (Å²) in [5, 5.41) is 18.3. The largest absolute Gasteiger partial charge is 0.481 e. The second kappa shape index (κ2) is 13.5. The van der Waals surface area contributed by atoms with E-state index in [1.807, 2.05) is 0 Å². The second-order valence-electron chi connectivity index (χ2n) is 2.73. The molecule has 0 aliphatic carbocycles. The number of methoxy groups -OCH3 is 2. The van der Waals surface area contributed by atoms with Gasteiger partial charge in [0.05, 0.1) is 13.7 Å². The highest BCUT2D eigenvalue weighted by Crippen LogP contribution is 1.86. The van der Waals surface area contributed by atoms with E-state index in [0.29, 0.717) is 0 Å². The summed E-state index contributed by atoms with van der Waals surface area (Å²) < 4.78 is 8.77. The molecule has 1 atom stereocenters. The van der Waals surface area contributed by atoms with Gasteiger partial charge in [0, 0.05) is 13.5 Å². The first-order chi connectivity index (χ1) is 7.88. The third-order valence-corrected chi connectivity index (χ3v) is 1.41. The number of carboxylic acid groups (broad SMARTS) is 2. The monoisotopic (exact) mass is 287 g/mol. The molecule has 0 saturated carbocycles. The van der Waals surface area contributed by atoms with Crippen LogP contribution in [0.5, 0.6) is 0 Å². The maximum absolute atomic E-state index is 10.5. The van der Waals surface area contributed by atoms with Crippen LogP contribution in [0, 0.1) is 0 Å². The van der Waals surface area contributed by atoms with E-state index in [-0.39, 0.29) is 25.4 Å². The van der Waals surface area contributed by atoms with Crippen LogP contribution in [0.15, 0.2) is 0 Å². The highest BCUT2D eigenvalue weighted by atomic mass is 35.5. The van der Waals surface area contributed by atoms with Gasteiger partial charge in [-0.3, -0.25) is 4.79 Å². The molecule has 8 nitrogen and oxygen atoms in total. The van der Waals surface area contributed by atoms with Crippen LogP contribution in [-0.2, 0) is 19.1 Å². The lowest BCUT2D eigenvalue weighted by Gasteiger charge is -2.11. The van der Waals surface area contributed by atoms with Gasteiger partial charge in [-0.15, -0.1) is 12.4 Å². The Kier molecular flexibility index (Phi) is 16.3. The molecule has 0 rings (SSSR count). The first-order valence-corrected chi connectivity index (χ1v) is 4.67. The lowest BCUT2D eigenvalue weighted by Crippen LogP contribution is -2.43. The molecular formula is C9H18ClNO7. The van der Waals surface area contributed by atoms with Crippen LogP contribution in [0.3, 0.4) is 0 Å². The highest BCUT2D eigenvalue weighted by Gasteiger charge is 2.19. The molecule has 0 aliphatic heterocycles. The Bertz CT molecular complexity index is 257. The van der Waals surface area contributed by atoms with Crippen molar-refractivity contribution in [2.75, 3.05) is 20.8 Å². The Morgan fingerprint density at radius 2 is 1.67 bits per heavy atom. The number of carbonyl (C=O) groups is 3. The van der Waals surface area contributed by atoms with Crippen LogP contribution < -0.4 is 5.32 Å². The molecule has 0 aliphatic rings. The average Bonchev–Trinajstić information content (AvgIpc) is 2.28. The predicted molar refractivity (Wildman–Crippen MR) is 64.0 cm³/mol. The number of nitrogens with one attached hydrogen (secondary N) is 1. The summed E-state index contributed by atoms with van der Waals surface area (Å²) in [6, 6.07) is -1.07. The number of aliphatic carboxylic acids is 2. The maximum Gasteiger partial charge on any atom is 0.407 e. The van der Waals surface area contributed by atoms with Gasteiger partial charge in [-0.2, -0.15) is 0 Å². The van der Waals surface area contributed by atoms with Crippen molar-refractivity contribution in [1.82, 2.24) is 5.32 Å². The van der Waals surface area contributed by atoms with Crippen molar-refractivity contribution in [2.45, 2.75) is 19.4 Å². The first kappa shape index (κ1) is 21.7. The molecule has 0 unspecified atom stereocenters. The van der Waals surface area contributed by atoms with Gasteiger partial charge in [-0.25, -0.2) is 9.59 Å². The highest BCUT2D eigenvalue weighted by molar-refractivity contribution is 5.85. The Balaban J connectivity index is -0.000000321. The van der Waals surface area contributed by atoms with Gasteiger partial charge in [-0.05, 0) is 0 Å². The van der Waals surface area contributed by atoms with Crippen molar-refractivity contribution >= 4 is 30.4 Å². The zero-order valence-electron chi connectivity index (χ0n) is 10.3. The van der Waals surface area contributed by atoms with Crippen LogP contribution in [0.2, 0.25) is 0 Å². The zero-order chi connectivity index (χ0) is 13.8. The minimum Gasteiger partial charge on any atom is -0.481 e. The van der Waals surface area contributed by atoms with E-state index >= 15 is 0 Å². The number of ether oxygens (including phenoxy) is 2. The summed E-state index contributed by atoms with van der Waals surface area (Å²) in [7, 11) is 2.50. The average molecular weight is 288 g/mol. The number of halogens is 1. The van der Waals surface area contributed by atoms with E-state index in [1.165, 1.54) is 7.11 Å². The van der Waals surface area contributed by atoms with Gasteiger partial charge in [0.2, 0.25) is 0 Å². The second-order valence-corrected chi connectivity index (χ2v) is 2.73. The number of hydrogen-bond acceptors (Lipinski definition) is 5. The fourth-order valence-corrected chi connectivity index (χ4v) is 0.543. The number of hydrogen-bond donors (Lipinski definition) is 3. The Hall–Kier alpha value is -1.54. The third-order valence-electron chi connectivity index (χ3n) is 1.41. The summed E-state index contributed by atoms with van der Waals surface area (Å²) in [5.41, 5.74) is 0. The lowest BCUT2D eigenvalue weighted by atomic mass is 10.3. The first-order valence-electron chi connectivity index (χ1n) is 4.67. The summed E-state index contributed by atoms with van der Waals surface area (Å²) in [5.74, 6) is -1.91. The lowest BCUT2D eigenvalue weighted by molar-refractivity contribution is -0.140. The fraction of sp³-hybridized carbons (Fsp3) is 0.667. The normalized spacial score (nSPS) is 9.94. The molecule has 0 aromatic carbocycles. The smallest absolute Gasteiger partial charge is 0.407 e. The van der Waals surface area contributed by atoms with Crippen LogP contribution in [0.25, 0.3) is 0 Å². The van der Waals surface area contributed by atoms with E-state index in [0.717, 1.165) is 7.11 Å². The molecule has 0 bridgehead atoms. The van der Waals surface area contributed by atoms with Gasteiger partial charge in [0.1, 0.15) is 0 Å². The number of alkyl carbamates (subject to hydrolysis) is 1. The molecule has 18 heavy (non-hydrogen) atoms. The van der Waals surface area contributed by atoms with Crippen molar-refractivity contribution in [3.8, 4) is 0 Å². The quantitative estimate of drug-likeness (QED) is 0.666. The van der Waals surface area contributed by atoms with Crippen LogP contribution in [0.1, 0.15) is 13.3 Å². The van der Waals surface area contributed by atoms with Crippen molar-refractivity contribution in [3.05, 3.63) is 0 Å². The number of rotatable bonds is 5. The maximum atomic E-state index is 10.5. The molecule has 1 amide bonds. The van der Waals surface area contributed by atoms with Gasteiger partial charge in [-0.1, -0.05) is 6.92 Å². The molecule has 108 valence electrons. The number of carboxylic acids is 2. The zero-order valence-corrected chi connectivity index (χ0v) is 11.2. The molecule has 0 radical (unpaired) electrons. The minimum atomic E-state index is -1.16. The van der Waals surface area contributed by atoms with E-state index in [2.05, 4.69) is 14.8 Å². The summed E-state index contributed by atoms with van der Waals surface area (Å²) >= 11 is 0. The minimum absolute atomic E-state index is 0. The SMILES string of the molecule is CCC(=O)O.COC[C@H](NC(=O)OC)C(=O)O.Cl. The van der Waals surface area contributed by atoms with Crippen LogP contribution >= 0.6 is 12.4 Å². The van der Waals surface area contributed by atoms with Crippen LogP contribution in [0.4, 0.5) is 4.79 Å². The molecule has 9 heteroatoms. The molecule has 0 aromatic heterocycles. The predicted octanol–water partition coefficient (Wildman–Crippen LogP) is 0.345. The standard InChI is InChI=1S/C6H11NO5.C3H6O2.ClH/c1-11-3-4(5(8)9)7-6(10)12-2;1-2-3(4)5;/h4H,3H2,1-2H3,(H,7,10)(H,8,9);2H2,1H3,(H,4,5);1H/t4-;;/m0../s1. The van der Waals surface area contributed by atoms with Crippen molar-refractivity contribution in [2.24, 2.45) is 0 Å². The Morgan fingerprint density at radius 3 is 1.89 bits per heavy atom. The fourth-order valence-electron chi connectivity index (χ4n) is 0.543. The summed E-state index contributed by atoms with van der Waals surface area (Å²) in [6.07, 6.45) is -0.570. The molecule has 0 spiro atoms. The summed E-state index contributed by atoms with van der Waals surface area (Å²) in [4.78, 5) is 30.3. The molecular weight excluding hydrogens is 270 g/mol. The van der Waals surface area contributed by atoms with Crippen molar-refractivity contribution in [1.29, 1.82) is 0 Å². The van der Waals surface area contributed by atoms with Gasteiger partial charge < -0.3 is 25.0 Å². The van der Waals surface area contributed by atoms with Crippen LogP contribution in [-0.4, -0.2) is 55.1 Å². The molecule has 0 heterocycles. The van der Waals surface area contributed by atoms with Gasteiger partial charge in [0.15, 0.2) is 6.04 Å². The molecule has 0 aromatic rings. The number of carbonyl (C=O) groups excluding carboxylic acids is 1. The summed E-state index contributed by atoms with van der Waals surface area (Å²) in [6.45, 7) is 1.51. The van der Waals surface area contributed by atoms with Gasteiger partial charge >= 0.3 is 18.0 Å². The number of amides is 1. The van der Waals surface area contributed by atoms with E-state index in [1.54, 1.807) is 6.92 Å². The van der Waals surface area contributed by atoms with E-state index in [9.17, 15) is 14.4 Å². The Labute approximate surface area is 111 Å². The van der Waals surface area contributed by atoms with Crippen molar-refractivity contribution in [3.63, 3.8) is 0 Å². The Morgan fingerprint density at radius 1 is 1.22 bits per heavy atom. The van der Waals surface area contributed by atoms with E-state index < -0.39 is 24.1 Å². The topological polar surface area (TPSA) is 122 Å². The van der Waals surface area contributed by atoms with Gasteiger partial charge in [0.25, 0.3) is 0 Å². The molecule has 3 N–H and O–H groups in total. The molecule has 0 saturated heterocycles. The van der Waals surface area contributed by atoms with Crippen molar-refractivity contribution < 1.29 is 34.1 Å².